The summed E-state index contributed by atoms with van der Waals surface area (Å²) in [7, 11) is 0.924. The van der Waals surface area contributed by atoms with Gasteiger partial charge in [0.25, 0.3) is 0 Å². The van der Waals surface area contributed by atoms with Crippen LogP contribution in [0.5, 0.6) is 5.75 Å². The molecule has 0 amide bonds. The Morgan fingerprint density at radius 1 is 1.21 bits per heavy atom. The molecule has 1 atom stereocenters. The highest BCUT2D eigenvalue weighted by molar-refractivity contribution is 6.48. The molecule has 0 fully saturated rings. The number of benzene rings is 1. The molecule has 1 aromatic carbocycles. The number of rotatable bonds is 7. The molecule has 0 spiro atoms. The first kappa shape index (κ1) is 18.7. The van der Waals surface area contributed by atoms with E-state index < -0.39 is 9.04 Å². The van der Waals surface area contributed by atoms with Gasteiger partial charge in [0.15, 0.2) is 0 Å². The molecule has 0 aliphatic carbocycles. The Bertz CT molecular complexity index is 647. The van der Waals surface area contributed by atoms with Crippen LogP contribution < -0.4 is 4.74 Å². The van der Waals surface area contributed by atoms with Crippen LogP contribution in [0.4, 0.5) is 0 Å². The van der Waals surface area contributed by atoms with Crippen LogP contribution >= 0.6 is 0 Å². The Morgan fingerprint density at radius 3 is 2.54 bits per heavy atom. The molecule has 0 saturated carbocycles. The molecular formula is C19H29N2O2Si. The second-order valence-electron chi connectivity index (χ2n) is 7.35. The van der Waals surface area contributed by atoms with Crippen molar-refractivity contribution in [3.05, 3.63) is 48.0 Å². The van der Waals surface area contributed by atoms with Gasteiger partial charge in [0.05, 0.1) is 31.4 Å². The van der Waals surface area contributed by atoms with E-state index in [1.54, 1.807) is 7.11 Å². The van der Waals surface area contributed by atoms with Gasteiger partial charge in [-0.1, -0.05) is 39.0 Å². The molecule has 2 aromatic rings. The maximum atomic E-state index is 6.31. The van der Waals surface area contributed by atoms with E-state index >= 15 is 0 Å². The summed E-state index contributed by atoms with van der Waals surface area (Å²) in [4.78, 5) is 4.38. The molecule has 5 heteroatoms. The van der Waals surface area contributed by atoms with E-state index in [0.29, 0.717) is 0 Å². The van der Waals surface area contributed by atoms with Crippen LogP contribution in [-0.2, 0) is 17.4 Å². The zero-order valence-electron chi connectivity index (χ0n) is 15.7. The van der Waals surface area contributed by atoms with Crippen molar-refractivity contribution in [3.8, 4) is 5.75 Å². The predicted octanol–water partition coefficient (Wildman–Crippen LogP) is 4.49. The molecule has 131 valence electrons. The summed E-state index contributed by atoms with van der Waals surface area (Å²) in [6.45, 7) is 11.9. The fourth-order valence-corrected chi connectivity index (χ4v) is 3.75. The van der Waals surface area contributed by atoms with Crippen molar-refractivity contribution < 1.29 is 9.16 Å². The highest BCUT2D eigenvalue weighted by atomic mass is 28.3. The van der Waals surface area contributed by atoms with Gasteiger partial charge in [-0.15, -0.1) is 0 Å². The van der Waals surface area contributed by atoms with Gasteiger partial charge in [-0.3, -0.25) is 0 Å². The third kappa shape index (κ3) is 4.71. The van der Waals surface area contributed by atoms with Crippen molar-refractivity contribution >= 4 is 9.04 Å². The Morgan fingerprint density at radius 2 is 1.92 bits per heavy atom. The van der Waals surface area contributed by atoms with Gasteiger partial charge in [-0.05, 0) is 36.6 Å². The topological polar surface area (TPSA) is 36.3 Å². The summed E-state index contributed by atoms with van der Waals surface area (Å²) in [5, 5.41) is 0. The maximum absolute atomic E-state index is 6.31. The first-order valence-corrected chi connectivity index (χ1v) is 10.8. The summed E-state index contributed by atoms with van der Waals surface area (Å²) < 4.78 is 14.0. The standard InChI is InChI=1S/C19H29N2O2Si/c1-19(2,3)18(23-24(5)6)16-13-20-14-21(16)12-11-15-9-7-8-10-17(15)22-4/h7-10,13-14,18H,11-12H2,1-6H3. The Kier molecular flexibility index (Phi) is 6.24. The van der Waals surface area contributed by atoms with Crippen LogP contribution in [0.1, 0.15) is 38.1 Å². The van der Waals surface area contributed by atoms with Crippen LogP contribution in [0, 0.1) is 5.41 Å². The van der Waals surface area contributed by atoms with Crippen LogP contribution in [-0.4, -0.2) is 25.7 Å². The third-order valence-electron chi connectivity index (χ3n) is 3.97. The van der Waals surface area contributed by atoms with E-state index in [4.69, 9.17) is 9.16 Å². The Balaban J connectivity index is 2.20. The smallest absolute Gasteiger partial charge is 0.205 e. The number of aromatic nitrogens is 2. The second kappa shape index (κ2) is 7.99. The number of hydrogen-bond donors (Lipinski definition) is 0. The lowest BCUT2D eigenvalue weighted by molar-refractivity contribution is 0.0792. The molecule has 1 heterocycles. The van der Waals surface area contributed by atoms with Gasteiger partial charge in [0.1, 0.15) is 5.75 Å². The van der Waals surface area contributed by atoms with E-state index in [1.165, 1.54) is 5.56 Å². The average Bonchev–Trinajstić information content (AvgIpc) is 2.97. The van der Waals surface area contributed by atoms with Gasteiger partial charge in [-0.25, -0.2) is 4.98 Å². The molecular weight excluding hydrogens is 316 g/mol. The summed E-state index contributed by atoms with van der Waals surface area (Å²) in [5.74, 6) is 0.940. The number of aryl methyl sites for hydroxylation is 2. The highest BCUT2D eigenvalue weighted by Crippen LogP contribution is 2.36. The molecule has 0 bridgehead atoms. The summed E-state index contributed by atoms with van der Waals surface area (Å²) >= 11 is 0. The van der Waals surface area contributed by atoms with E-state index in [-0.39, 0.29) is 11.5 Å². The first-order chi connectivity index (χ1) is 11.3. The third-order valence-corrected chi connectivity index (χ3v) is 4.67. The number of nitrogens with zero attached hydrogens (tertiary/aromatic N) is 2. The number of hydrogen-bond acceptors (Lipinski definition) is 3. The quantitative estimate of drug-likeness (QED) is 0.694. The van der Waals surface area contributed by atoms with Crippen molar-refractivity contribution in [1.82, 2.24) is 9.55 Å². The van der Waals surface area contributed by atoms with E-state index in [0.717, 1.165) is 24.4 Å². The molecule has 1 unspecified atom stereocenters. The minimum Gasteiger partial charge on any atom is -0.496 e. The predicted molar refractivity (Wildman–Crippen MR) is 99.7 cm³/mol. The number of ether oxygens (including phenoxy) is 1. The largest absolute Gasteiger partial charge is 0.496 e. The van der Waals surface area contributed by atoms with Crippen LogP contribution in [0.15, 0.2) is 36.8 Å². The van der Waals surface area contributed by atoms with Crippen LogP contribution in [0.2, 0.25) is 13.1 Å². The van der Waals surface area contributed by atoms with E-state index in [2.05, 4.69) is 55.5 Å². The lowest BCUT2D eigenvalue weighted by atomic mass is 9.87. The molecule has 1 radical (unpaired) electrons. The lowest BCUT2D eigenvalue weighted by Crippen LogP contribution is -2.28. The minimum absolute atomic E-state index is 0.0319. The first-order valence-electron chi connectivity index (χ1n) is 8.41. The number of para-hydroxylation sites is 1. The molecule has 1 aromatic heterocycles. The lowest BCUT2D eigenvalue weighted by Gasteiger charge is -2.33. The normalized spacial score (nSPS) is 13.3. The van der Waals surface area contributed by atoms with Crippen LogP contribution in [0.3, 0.4) is 0 Å². The Labute approximate surface area is 147 Å². The van der Waals surface area contributed by atoms with Crippen molar-refractivity contribution in [3.63, 3.8) is 0 Å². The van der Waals surface area contributed by atoms with E-state index in [9.17, 15) is 0 Å². The molecule has 0 saturated heterocycles. The van der Waals surface area contributed by atoms with Gasteiger partial charge in [-0.2, -0.15) is 0 Å². The average molecular weight is 346 g/mol. The van der Waals surface area contributed by atoms with Crippen molar-refractivity contribution in [2.24, 2.45) is 5.41 Å². The molecule has 2 rings (SSSR count). The zero-order valence-corrected chi connectivity index (χ0v) is 16.7. The number of imidazole rings is 1. The fraction of sp³-hybridized carbons (Fsp3) is 0.526. The highest BCUT2D eigenvalue weighted by Gasteiger charge is 2.30. The van der Waals surface area contributed by atoms with Crippen molar-refractivity contribution in [2.45, 2.75) is 52.9 Å². The summed E-state index contributed by atoms with van der Waals surface area (Å²) in [5.41, 5.74) is 2.40. The molecule has 4 nitrogen and oxygen atoms in total. The molecule has 24 heavy (non-hydrogen) atoms. The molecule has 0 N–H and O–H groups in total. The van der Waals surface area contributed by atoms with Gasteiger partial charge in [0, 0.05) is 6.54 Å². The summed E-state index contributed by atoms with van der Waals surface area (Å²) in [6.07, 6.45) is 4.81. The molecule has 0 aliphatic rings. The monoisotopic (exact) mass is 345 g/mol. The Hall–Kier alpha value is -1.59. The zero-order chi connectivity index (χ0) is 17.7. The van der Waals surface area contributed by atoms with Gasteiger partial charge in [0.2, 0.25) is 9.04 Å². The minimum atomic E-state index is -0.795. The van der Waals surface area contributed by atoms with E-state index in [1.807, 2.05) is 24.7 Å². The van der Waals surface area contributed by atoms with Crippen LogP contribution in [0.25, 0.3) is 0 Å². The summed E-state index contributed by atoms with van der Waals surface area (Å²) in [6, 6.07) is 8.18. The number of methoxy groups -OCH3 is 1. The van der Waals surface area contributed by atoms with Crippen molar-refractivity contribution in [1.29, 1.82) is 0 Å². The van der Waals surface area contributed by atoms with Gasteiger partial charge >= 0.3 is 0 Å². The maximum Gasteiger partial charge on any atom is 0.205 e. The SMILES string of the molecule is COc1ccccc1CCn1cncc1C(O[Si](C)C)C(C)(C)C. The second-order valence-corrected chi connectivity index (χ2v) is 9.40. The fourth-order valence-electron chi connectivity index (χ4n) is 2.80. The van der Waals surface area contributed by atoms with Gasteiger partial charge < -0.3 is 13.7 Å². The van der Waals surface area contributed by atoms with Crippen molar-refractivity contribution in [2.75, 3.05) is 7.11 Å². The molecule has 0 aliphatic heterocycles.